The fourth-order valence-electron chi connectivity index (χ4n) is 3.67. The highest BCUT2D eigenvalue weighted by molar-refractivity contribution is 5.78. The summed E-state index contributed by atoms with van der Waals surface area (Å²) < 4.78 is 5.73. The van der Waals surface area contributed by atoms with Crippen molar-refractivity contribution < 1.29 is 14.6 Å². The van der Waals surface area contributed by atoms with Crippen molar-refractivity contribution in [1.29, 1.82) is 0 Å². The number of fused-ring (bicyclic) bond motifs is 1. The van der Waals surface area contributed by atoms with Gasteiger partial charge in [-0.25, -0.2) is 4.98 Å². The van der Waals surface area contributed by atoms with Crippen molar-refractivity contribution in [3.63, 3.8) is 0 Å². The quantitative estimate of drug-likeness (QED) is 0.893. The molecule has 0 aliphatic carbocycles. The summed E-state index contributed by atoms with van der Waals surface area (Å²) in [6, 6.07) is 7.84. The molecule has 4 rings (SSSR count). The van der Waals surface area contributed by atoms with Crippen LogP contribution in [0.15, 0.2) is 24.3 Å². The number of ether oxygens (including phenoxy) is 1. The molecule has 0 bridgehead atoms. The van der Waals surface area contributed by atoms with Crippen LogP contribution in [0.3, 0.4) is 0 Å². The third kappa shape index (κ3) is 2.62. The first kappa shape index (κ1) is 14.7. The third-order valence-corrected chi connectivity index (χ3v) is 4.96. The second kappa shape index (κ2) is 5.62. The van der Waals surface area contributed by atoms with E-state index in [2.05, 4.69) is 9.97 Å². The van der Waals surface area contributed by atoms with Crippen LogP contribution in [0.2, 0.25) is 0 Å². The number of rotatable bonds is 3. The lowest BCUT2D eigenvalue weighted by molar-refractivity contribution is -0.131. The zero-order chi connectivity index (χ0) is 15.9. The number of carbonyl (C=O) groups is 1. The maximum absolute atomic E-state index is 12.4. The Morgan fingerprint density at radius 3 is 3.13 bits per heavy atom. The molecule has 1 aromatic carbocycles. The fraction of sp³-hybridized carbons (Fsp3) is 0.529. The number of carbonyl (C=O) groups excluding carboxylic acids is 1. The van der Waals surface area contributed by atoms with Gasteiger partial charge in [0.1, 0.15) is 17.5 Å². The summed E-state index contributed by atoms with van der Waals surface area (Å²) in [5.74, 6) is 0.878. The highest BCUT2D eigenvalue weighted by Crippen LogP contribution is 2.35. The number of para-hydroxylation sites is 2. The lowest BCUT2D eigenvalue weighted by Crippen LogP contribution is -2.41. The number of nitrogens with zero attached hydrogens (tertiary/aromatic N) is 2. The van der Waals surface area contributed by atoms with Crippen LogP contribution in [0.4, 0.5) is 0 Å². The second-order valence-electron chi connectivity index (χ2n) is 6.51. The molecule has 122 valence electrons. The first-order chi connectivity index (χ1) is 11.2. The van der Waals surface area contributed by atoms with Crippen molar-refractivity contribution in [2.45, 2.75) is 37.4 Å². The number of hydrogen-bond donors (Lipinski definition) is 2. The summed E-state index contributed by atoms with van der Waals surface area (Å²) in [6.07, 6.45) is 2.19. The molecule has 0 saturated carbocycles. The van der Waals surface area contributed by atoms with Gasteiger partial charge in [-0.1, -0.05) is 12.1 Å². The number of aliphatic hydroxyl groups excluding tert-OH is 1. The van der Waals surface area contributed by atoms with Gasteiger partial charge in [-0.3, -0.25) is 4.79 Å². The first-order valence-electron chi connectivity index (χ1n) is 8.20. The number of imidazole rings is 1. The molecule has 6 nitrogen and oxygen atoms in total. The number of β-amino-alcohol motifs (C(OH)–C–C–N with tert-alkyl or cyclic N) is 1. The molecule has 1 amide bonds. The van der Waals surface area contributed by atoms with Gasteiger partial charge in [0.05, 0.1) is 17.6 Å². The molecule has 2 saturated heterocycles. The van der Waals surface area contributed by atoms with Crippen LogP contribution in [0.25, 0.3) is 11.0 Å². The Hall–Kier alpha value is -1.92. The van der Waals surface area contributed by atoms with Gasteiger partial charge in [-0.05, 0) is 25.0 Å². The van der Waals surface area contributed by atoms with Crippen molar-refractivity contribution >= 4 is 16.9 Å². The van der Waals surface area contributed by atoms with E-state index < -0.39 is 11.7 Å². The maximum Gasteiger partial charge on any atom is 0.223 e. The van der Waals surface area contributed by atoms with Crippen LogP contribution in [0.1, 0.15) is 25.1 Å². The van der Waals surface area contributed by atoms with Crippen molar-refractivity contribution in [3.05, 3.63) is 30.1 Å². The predicted octanol–water partition coefficient (Wildman–Crippen LogP) is 1.25. The zero-order valence-electron chi connectivity index (χ0n) is 13.0. The lowest BCUT2D eigenvalue weighted by Gasteiger charge is -2.25. The average Bonchev–Trinajstić information content (AvgIpc) is 3.25. The van der Waals surface area contributed by atoms with E-state index in [1.54, 1.807) is 4.90 Å². The minimum absolute atomic E-state index is 0.0527. The Bertz CT molecular complexity index is 688. The third-order valence-electron chi connectivity index (χ3n) is 4.96. The minimum atomic E-state index is -0.569. The van der Waals surface area contributed by atoms with Crippen molar-refractivity contribution in [2.24, 2.45) is 0 Å². The molecule has 2 aliphatic heterocycles. The molecule has 1 spiro atoms. The Balaban J connectivity index is 1.38. The van der Waals surface area contributed by atoms with E-state index in [-0.39, 0.29) is 5.91 Å². The average molecular weight is 315 g/mol. The largest absolute Gasteiger partial charge is 0.388 e. The van der Waals surface area contributed by atoms with Gasteiger partial charge in [0.25, 0.3) is 0 Å². The maximum atomic E-state index is 12.4. The summed E-state index contributed by atoms with van der Waals surface area (Å²) >= 11 is 0. The number of nitrogens with one attached hydrogen (secondary N) is 1. The predicted molar refractivity (Wildman–Crippen MR) is 84.9 cm³/mol. The summed E-state index contributed by atoms with van der Waals surface area (Å²) in [5, 5.41) is 10.2. The van der Waals surface area contributed by atoms with E-state index in [1.807, 2.05) is 24.3 Å². The highest BCUT2D eigenvalue weighted by atomic mass is 16.5. The smallest absolute Gasteiger partial charge is 0.223 e. The number of likely N-dealkylation sites (tertiary alicyclic amines) is 1. The minimum Gasteiger partial charge on any atom is -0.388 e. The van der Waals surface area contributed by atoms with E-state index >= 15 is 0 Å². The second-order valence-corrected chi connectivity index (χ2v) is 6.51. The van der Waals surface area contributed by atoms with Gasteiger partial charge in [-0.2, -0.15) is 0 Å². The van der Waals surface area contributed by atoms with Crippen molar-refractivity contribution in [1.82, 2.24) is 14.9 Å². The Kier molecular flexibility index (Phi) is 3.58. The molecule has 0 unspecified atom stereocenters. The van der Waals surface area contributed by atoms with Gasteiger partial charge in [0, 0.05) is 26.0 Å². The van der Waals surface area contributed by atoms with E-state index in [9.17, 15) is 9.90 Å². The normalized spacial score (nSPS) is 27.3. The topological polar surface area (TPSA) is 78.5 Å². The Morgan fingerprint density at radius 2 is 2.35 bits per heavy atom. The van der Waals surface area contributed by atoms with E-state index in [1.165, 1.54) is 0 Å². The standard InChI is InChI=1S/C17H21N3O3/c21-14-10-20(11-17(14)8-3-9-23-17)16(22)7-6-15-18-12-4-1-2-5-13(12)19-15/h1-2,4-5,14,21H,3,6-11H2,(H,18,19)/t14-,17-/m0/s1. The molecule has 0 radical (unpaired) electrons. The number of amides is 1. The number of aromatic nitrogens is 2. The number of H-pyrrole nitrogens is 1. The van der Waals surface area contributed by atoms with Crippen LogP contribution in [-0.4, -0.2) is 57.3 Å². The number of aryl methyl sites for hydroxylation is 1. The fourth-order valence-corrected chi connectivity index (χ4v) is 3.67. The van der Waals surface area contributed by atoms with Crippen LogP contribution < -0.4 is 0 Å². The molecule has 2 aromatic rings. The molecule has 2 aliphatic rings. The zero-order valence-corrected chi connectivity index (χ0v) is 13.0. The van der Waals surface area contributed by atoms with Crippen LogP contribution in [0, 0.1) is 0 Å². The van der Waals surface area contributed by atoms with Gasteiger partial charge >= 0.3 is 0 Å². The molecule has 23 heavy (non-hydrogen) atoms. The number of aliphatic hydroxyl groups is 1. The first-order valence-corrected chi connectivity index (χ1v) is 8.20. The van der Waals surface area contributed by atoms with E-state index in [0.29, 0.717) is 32.5 Å². The molecule has 2 N–H and O–H groups in total. The van der Waals surface area contributed by atoms with Crippen LogP contribution in [0.5, 0.6) is 0 Å². The van der Waals surface area contributed by atoms with Gasteiger partial charge in [0.2, 0.25) is 5.91 Å². The molecule has 1 aromatic heterocycles. The molecule has 3 heterocycles. The summed E-state index contributed by atoms with van der Waals surface area (Å²) in [6.45, 7) is 1.56. The van der Waals surface area contributed by atoms with Crippen molar-refractivity contribution in [2.75, 3.05) is 19.7 Å². The highest BCUT2D eigenvalue weighted by Gasteiger charge is 2.50. The van der Waals surface area contributed by atoms with Gasteiger partial charge < -0.3 is 19.7 Å². The van der Waals surface area contributed by atoms with Crippen LogP contribution >= 0.6 is 0 Å². The van der Waals surface area contributed by atoms with Crippen LogP contribution in [-0.2, 0) is 16.0 Å². The Morgan fingerprint density at radius 1 is 1.48 bits per heavy atom. The summed E-state index contributed by atoms with van der Waals surface area (Å²) in [5.41, 5.74) is 1.39. The molecule has 2 fully saturated rings. The summed E-state index contributed by atoms with van der Waals surface area (Å²) in [4.78, 5) is 21.9. The molecule has 6 heteroatoms. The molecule has 2 atom stereocenters. The molecular formula is C17H21N3O3. The lowest BCUT2D eigenvalue weighted by atomic mass is 9.97. The SMILES string of the molecule is O=C(CCc1nc2ccccc2[nH]1)N1C[C@H](O)[C@]2(CCCO2)C1. The number of aromatic amines is 1. The van der Waals surface area contributed by atoms with E-state index in [4.69, 9.17) is 4.74 Å². The number of benzene rings is 1. The summed E-state index contributed by atoms with van der Waals surface area (Å²) in [7, 11) is 0. The molecular weight excluding hydrogens is 294 g/mol. The number of hydrogen-bond acceptors (Lipinski definition) is 4. The van der Waals surface area contributed by atoms with Crippen molar-refractivity contribution in [3.8, 4) is 0 Å². The van der Waals surface area contributed by atoms with Gasteiger partial charge in [0.15, 0.2) is 0 Å². The van der Waals surface area contributed by atoms with E-state index in [0.717, 1.165) is 29.7 Å². The Labute approximate surface area is 134 Å². The van der Waals surface area contributed by atoms with Gasteiger partial charge in [-0.15, -0.1) is 0 Å². The monoisotopic (exact) mass is 315 g/mol.